The molecule has 1 saturated heterocycles. The standard InChI is InChI=1S/C33H42N2O5S/c1-33(2,3)26-13-11-25(12-14-26)32(37)35(21-27-8-6-18-40-27)23-31(36)34(22-28-9-7-19-41-28)17-16-24-10-15-29(38-4)30(20-24)39-5/h7,9-15,19-20,27H,6,8,16-18,21-23H2,1-5H3. The van der Waals surface area contributed by atoms with Crippen LogP contribution in [0.25, 0.3) is 0 Å². The number of thiophene rings is 1. The van der Waals surface area contributed by atoms with Crippen molar-refractivity contribution in [2.45, 2.75) is 58.1 Å². The predicted molar refractivity (Wildman–Crippen MR) is 163 cm³/mol. The van der Waals surface area contributed by atoms with Crippen LogP contribution in [0.2, 0.25) is 0 Å². The van der Waals surface area contributed by atoms with Gasteiger partial charge in [0.25, 0.3) is 5.91 Å². The van der Waals surface area contributed by atoms with Crippen molar-refractivity contribution >= 4 is 23.2 Å². The Hall–Kier alpha value is -3.36. The van der Waals surface area contributed by atoms with Crippen molar-refractivity contribution in [1.29, 1.82) is 0 Å². The Morgan fingerprint density at radius 2 is 1.76 bits per heavy atom. The number of methoxy groups -OCH3 is 2. The van der Waals surface area contributed by atoms with Crippen LogP contribution in [-0.4, -0.2) is 68.2 Å². The highest BCUT2D eigenvalue weighted by Crippen LogP contribution is 2.28. The van der Waals surface area contributed by atoms with Crippen molar-refractivity contribution < 1.29 is 23.8 Å². The number of rotatable bonds is 12. The Bertz CT molecular complexity index is 1280. The normalized spacial score (nSPS) is 15.0. The summed E-state index contributed by atoms with van der Waals surface area (Å²) < 4.78 is 16.7. The molecule has 2 amide bonds. The number of ether oxygens (including phenoxy) is 3. The van der Waals surface area contributed by atoms with Crippen molar-refractivity contribution in [3.63, 3.8) is 0 Å². The second-order valence-corrected chi connectivity index (χ2v) is 12.5. The van der Waals surface area contributed by atoms with Gasteiger partial charge in [-0.1, -0.05) is 45.0 Å². The molecule has 1 aliphatic heterocycles. The molecule has 0 radical (unpaired) electrons. The number of amides is 2. The van der Waals surface area contributed by atoms with Crippen LogP contribution in [0.15, 0.2) is 60.0 Å². The zero-order valence-corrected chi connectivity index (χ0v) is 25.7. The van der Waals surface area contributed by atoms with Crippen LogP contribution >= 0.6 is 11.3 Å². The molecule has 0 aliphatic carbocycles. The summed E-state index contributed by atoms with van der Waals surface area (Å²) in [5.74, 6) is 1.09. The number of carbonyl (C=O) groups excluding carboxylic acids is 2. The summed E-state index contributed by atoms with van der Waals surface area (Å²) in [4.78, 5) is 32.2. The van der Waals surface area contributed by atoms with Gasteiger partial charge >= 0.3 is 0 Å². The van der Waals surface area contributed by atoms with E-state index in [0.717, 1.165) is 28.8 Å². The fourth-order valence-electron chi connectivity index (χ4n) is 4.99. The molecular weight excluding hydrogens is 536 g/mol. The van der Waals surface area contributed by atoms with Crippen molar-refractivity contribution in [1.82, 2.24) is 9.80 Å². The van der Waals surface area contributed by atoms with E-state index in [1.165, 1.54) is 0 Å². The van der Waals surface area contributed by atoms with E-state index >= 15 is 0 Å². The lowest BCUT2D eigenvalue weighted by Gasteiger charge is -2.29. The molecule has 41 heavy (non-hydrogen) atoms. The highest BCUT2D eigenvalue weighted by Gasteiger charge is 2.27. The maximum atomic E-state index is 13.9. The van der Waals surface area contributed by atoms with Gasteiger partial charge in [0.15, 0.2) is 11.5 Å². The SMILES string of the molecule is COc1ccc(CCN(Cc2cccs2)C(=O)CN(CC2CCCO2)C(=O)c2ccc(C(C)(C)C)cc2)cc1OC. The van der Waals surface area contributed by atoms with E-state index < -0.39 is 0 Å². The summed E-state index contributed by atoms with van der Waals surface area (Å²) in [5.41, 5.74) is 2.77. The van der Waals surface area contributed by atoms with Crippen molar-refractivity contribution in [3.8, 4) is 11.5 Å². The Labute approximate surface area is 248 Å². The van der Waals surface area contributed by atoms with Crippen molar-refractivity contribution in [2.75, 3.05) is 40.5 Å². The second kappa shape index (κ2) is 14.0. The van der Waals surface area contributed by atoms with E-state index in [9.17, 15) is 9.59 Å². The van der Waals surface area contributed by atoms with Gasteiger partial charge in [-0.2, -0.15) is 0 Å². The van der Waals surface area contributed by atoms with Gasteiger partial charge in [-0.15, -0.1) is 11.3 Å². The molecule has 0 bridgehead atoms. The Balaban J connectivity index is 1.53. The molecule has 0 saturated carbocycles. The van der Waals surface area contributed by atoms with Crippen LogP contribution in [-0.2, 0) is 27.9 Å². The third-order valence-electron chi connectivity index (χ3n) is 7.46. The summed E-state index contributed by atoms with van der Waals surface area (Å²) in [6, 6.07) is 17.6. The Kier molecular flexibility index (Phi) is 10.5. The van der Waals surface area contributed by atoms with Crippen LogP contribution in [0.4, 0.5) is 0 Å². The molecule has 7 nitrogen and oxygen atoms in total. The summed E-state index contributed by atoms with van der Waals surface area (Å²) in [7, 11) is 3.23. The van der Waals surface area contributed by atoms with Gasteiger partial charge in [0.1, 0.15) is 6.54 Å². The van der Waals surface area contributed by atoms with Crippen LogP contribution in [0.5, 0.6) is 11.5 Å². The quantitative estimate of drug-likeness (QED) is 0.266. The first-order chi connectivity index (χ1) is 19.7. The monoisotopic (exact) mass is 578 g/mol. The highest BCUT2D eigenvalue weighted by molar-refractivity contribution is 7.09. The van der Waals surface area contributed by atoms with Gasteiger partial charge in [0, 0.05) is 30.1 Å². The fourth-order valence-corrected chi connectivity index (χ4v) is 5.71. The van der Waals surface area contributed by atoms with E-state index in [2.05, 4.69) is 20.8 Å². The Morgan fingerprint density at radius 3 is 2.37 bits per heavy atom. The lowest BCUT2D eigenvalue weighted by atomic mass is 9.86. The molecule has 3 aromatic rings. The van der Waals surface area contributed by atoms with E-state index in [-0.39, 0.29) is 29.9 Å². The molecule has 1 aliphatic rings. The molecule has 2 heterocycles. The Morgan fingerprint density at radius 1 is 1.00 bits per heavy atom. The molecule has 1 aromatic heterocycles. The van der Waals surface area contributed by atoms with E-state index in [4.69, 9.17) is 14.2 Å². The lowest BCUT2D eigenvalue weighted by Crippen LogP contribution is -2.45. The number of hydrogen-bond donors (Lipinski definition) is 0. The van der Waals surface area contributed by atoms with Gasteiger partial charge in [0.2, 0.25) is 5.91 Å². The van der Waals surface area contributed by atoms with E-state index in [1.807, 2.05) is 64.9 Å². The van der Waals surface area contributed by atoms with Gasteiger partial charge in [-0.3, -0.25) is 9.59 Å². The summed E-state index contributed by atoms with van der Waals surface area (Å²) in [6.07, 6.45) is 2.44. The van der Waals surface area contributed by atoms with Crippen molar-refractivity contribution in [3.05, 3.63) is 81.5 Å². The molecule has 2 aromatic carbocycles. The molecule has 1 unspecified atom stereocenters. The fraction of sp³-hybridized carbons (Fsp3) is 0.455. The zero-order valence-electron chi connectivity index (χ0n) is 24.9. The maximum Gasteiger partial charge on any atom is 0.254 e. The van der Waals surface area contributed by atoms with Gasteiger partial charge < -0.3 is 24.0 Å². The molecular formula is C33H42N2O5S. The smallest absolute Gasteiger partial charge is 0.254 e. The first-order valence-corrected chi connectivity index (χ1v) is 15.1. The minimum absolute atomic E-state index is 0.00295. The molecule has 4 rings (SSSR count). The number of nitrogens with zero attached hydrogens (tertiary/aromatic N) is 2. The minimum atomic E-state index is -0.148. The van der Waals surface area contributed by atoms with Crippen LogP contribution in [0.3, 0.4) is 0 Å². The van der Waals surface area contributed by atoms with Crippen LogP contribution in [0, 0.1) is 0 Å². The summed E-state index contributed by atoms with van der Waals surface area (Å²) >= 11 is 1.62. The molecule has 8 heteroatoms. The van der Waals surface area contributed by atoms with Gasteiger partial charge in [-0.25, -0.2) is 0 Å². The predicted octanol–water partition coefficient (Wildman–Crippen LogP) is 5.96. The largest absolute Gasteiger partial charge is 0.493 e. The first kappa shape index (κ1) is 30.6. The highest BCUT2D eigenvalue weighted by atomic mass is 32.1. The minimum Gasteiger partial charge on any atom is -0.493 e. The molecule has 1 fully saturated rings. The zero-order chi connectivity index (χ0) is 29.4. The average molecular weight is 579 g/mol. The molecule has 220 valence electrons. The molecule has 0 spiro atoms. The van der Waals surface area contributed by atoms with Crippen LogP contribution in [0.1, 0.15) is 60.0 Å². The van der Waals surface area contributed by atoms with Crippen LogP contribution < -0.4 is 9.47 Å². The molecule has 1 atom stereocenters. The summed E-state index contributed by atoms with van der Waals surface area (Å²) in [5, 5.41) is 2.01. The maximum absolute atomic E-state index is 13.9. The van der Waals surface area contributed by atoms with E-state index in [1.54, 1.807) is 30.5 Å². The third-order valence-corrected chi connectivity index (χ3v) is 8.32. The van der Waals surface area contributed by atoms with Crippen molar-refractivity contribution in [2.24, 2.45) is 0 Å². The van der Waals surface area contributed by atoms with E-state index in [0.29, 0.717) is 49.7 Å². The first-order valence-electron chi connectivity index (χ1n) is 14.2. The number of carbonyl (C=O) groups is 2. The topological polar surface area (TPSA) is 68.3 Å². The lowest BCUT2D eigenvalue weighted by molar-refractivity contribution is -0.132. The number of benzene rings is 2. The number of hydrogen-bond acceptors (Lipinski definition) is 6. The average Bonchev–Trinajstić information content (AvgIpc) is 3.68. The van der Waals surface area contributed by atoms with Gasteiger partial charge in [0.05, 0.1) is 26.9 Å². The van der Waals surface area contributed by atoms with Gasteiger partial charge in [-0.05, 0) is 71.5 Å². The third kappa shape index (κ3) is 8.33. The summed E-state index contributed by atoms with van der Waals surface area (Å²) in [6.45, 7) is 8.53. The molecule has 0 N–H and O–H groups in total. The second-order valence-electron chi connectivity index (χ2n) is 11.5.